The summed E-state index contributed by atoms with van der Waals surface area (Å²) < 4.78 is 26.4. The van der Waals surface area contributed by atoms with Crippen molar-refractivity contribution in [2.75, 3.05) is 16.4 Å². The molecule has 118 valence electrons. The second kappa shape index (κ2) is 5.73. The van der Waals surface area contributed by atoms with Crippen LogP contribution in [-0.2, 0) is 10.0 Å². The highest BCUT2D eigenvalue weighted by Crippen LogP contribution is 2.14. The molecule has 0 aliphatic heterocycles. The molecule has 0 bridgehead atoms. The minimum absolute atomic E-state index is 0.329. The second-order valence-electron chi connectivity index (χ2n) is 5.00. The van der Waals surface area contributed by atoms with E-state index in [9.17, 15) is 13.2 Å². The Morgan fingerprint density at radius 1 is 1.13 bits per heavy atom. The standard InChI is InChI=1S/C15H14N4O3S/c1-23(21,22)18-12-6-4-5-11(9-12)15(20)17-19-10-16-13-7-2-3-8-14(13)19/h2-10,18H,1H3,(H,17,20). The van der Waals surface area contributed by atoms with Gasteiger partial charge in [0.15, 0.2) is 0 Å². The maximum Gasteiger partial charge on any atom is 0.270 e. The summed E-state index contributed by atoms with van der Waals surface area (Å²) in [6.45, 7) is 0. The van der Waals surface area contributed by atoms with Crippen molar-refractivity contribution in [2.45, 2.75) is 0 Å². The fourth-order valence-electron chi connectivity index (χ4n) is 2.16. The molecule has 0 aliphatic rings. The predicted octanol–water partition coefficient (Wildman–Crippen LogP) is 1.79. The smallest absolute Gasteiger partial charge is 0.270 e. The normalized spacial score (nSPS) is 11.3. The molecule has 0 unspecified atom stereocenters. The van der Waals surface area contributed by atoms with Crippen LogP contribution < -0.4 is 10.1 Å². The number of aromatic nitrogens is 2. The van der Waals surface area contributed by atoms with Crippen molar-refractivity contribution < 1.29 is 13.2 Å². The van der Waals surface area contributed by atoms with E-state index in [0.717, 1.165) is 17.3 Å². The number of nitrogens with one attached hydrogen (secondary N) is 2. The highest BCUT2D eigenvalue weighted by atomic mass is 32.2. The van der Waals surface area contributed by atoms with Crippen molar-refractivity contribution in [1.29, 1.82) is 0 Å². The van der Waals surface area contributed by atoms with Gasteiger partial charge in [-0.05, 0) is 30.3 Å². The van der Waals surface area contributed by atoms with E-state index in [2.05, 4.69) is 15.1 Å². The first kappa shape index (κ1) is 15.0. The van der Waals surface area contributed by atoms with Gasteiger partial charge >= 0.3 is 0 Å². The molecule has 0 radical (unpaired) electrons. The molecule has 0 spiro atoms. The maximum absolute atomic E-state index is 12.3. The number of sulfonamides is 1. The van der Waals surface area contributed by atoms with Gasteiger partial charge < -0.3 is 0 Å². The van der Waals surface area contributed by atoms with E-state index in [4.69, 9.17) is 0 Å². The molecule has 3 aromatic rings. The summed E-state index contributed by atoms with van der Waals surface area (Å²) in [4.78, 5) is 16.5. The number of amides is 1. The highest BCUT2D eigenvalue weighted by Gasteiger charge is 2.10. The molecular formula is C15H14N4O3S. The Hall–Kier alpha value is -2.87. The first-order valence-electron chi connectivity index (χ1n) is 6.74. The van der Waals surface area contributed by atoms with Crippen LogP contribution in [0.4, 0.5) is 5.69 Å². The average molecular weight is 330 g/mol. The molecule has 0 saturated carbocycles. The van der Waals surface area contributed by atoms with Gasteiger partial charge in [0, 0.05) is 11.3 Å². The number of anilines is 1. The van der Waals surface area contributed by atoms with Gasteiger partial charge in [-0.3, -0.25) is 14.9 Å². The zero-order valence-electron chi connectivity index (χ0n) is 12.2. The van der Waals surface area contributed by atoms with Crippen LogP contribution in [-0.4, -0.2) is 30.2 Å². The Bertz CT molecular complexity index is 979. The van der Waals surface area contributed by atoms with Crippen LogP contribution in [0.15, 0.2) is 54.9 Å². The molecule has 7 nitrogen and oxygen atoms in total. The molecule has 0 atom stereocenters. The second-order valence-corrected chi connectivity index (χ2v) is 6.75. The summed E-state index contributed by atoms with van der Waals surface area (Å²) in [7, 11) is -3.40. The number of hydrogen-bond donors (Lipinski definition) is 2. The third-order valence-electron chi connectivity index (χ3n) is 3.10. The lowest BCUT2D eigenvalue weighted by Gasteiger charge is -2.09. The van der Waals surface area contributed by atoms with Crippen LogP contribution in [0.2, 0.25) is 0 Å². The van der Waals surface area contributed by atoms with E-state index in [0.29, 0.717) is 11.3 Å². The summed E-state index contributed by atoms with van der Waals surface area (Å²) >= 11 is 0. The molecule has 1 heterocycles. The molecule has 0 fully saturated rings. The van der Waals surface area contributed by atoms with Gasteiger partial charge in [0.05, 0.1) is 17.3 Å². The third-order valence-corrected chi connectivity index (χ3v) is 3.71. The summed E-state index contributed by atoms with van der Waals surface area (Å²) in [6.07, 6.45) is 2.57. The van der Waals surface area contributed by atoms with E-state index >= 15 is 0 Å². The molecule has 1 aromatic heterocycles. The van der Waals surface area contributed by atoms with Gasteiger partial charge in [-0.2, -0.15) is 0 Å². The van der Waals surface area contributed by atoms with Crippen LogP contribution in [0.25, 0.3) is 11.0 Å². The third kappa shape index (κ3) is 3.49. The van der Waals surface area contributed by atoms with E-state index in [-0.39, 0.29) is 5.91 Å². The van der Waals surface area contributed by atoms with E-state index in [1.54, 1.807) is 18.2 Å². The van der Waals surface area contributed by atoms with Crippen LogP contribution in [0.1, 0.15) is 10.4 Å². The SMILES string of the molecule is CS(=O)(=O)Nc1cccc(C(=O)Nn2cnc3ccccc32)c1. The number of benzene rings is 2. The monoisotopic (exact) mass is 330 g/mol. The number of para-hydroxylation sites is 2. The number of rotatable bonds is 4. The lowest BCUT2D eigenvalue weighted by atomic mass is 10.2. The number of carbonyl (C=O) groups is 1. The Morgan fingerprint density at radius 3 is 2.70 bits per heavy atom. The molecule has 23 heavy (non-hydrogen) atoms. The van der Waals surface area contributed by atoms with Crippen LogP contribution in [0, 0.1) is 0 Å². The fraction of sp³-hybridized carbons (Fsp3) is 0.0667. The lowest BCUT2D eigenvalue weighted by molar-refractivity contribution is 0.101. The van der Waals surface area contributed by atoms with Gasteiger partial charge in [0.25, 0.3) is 5.91 Å². The van der Waals surface area contributed by atoms with Crippen molar-refractivity contribution >= 4 is 32.7 Å². The van der Waals surface area contributed by atoms with Gasteiger partial charge in [-0.15, -0.1) is 0 Å². The van der Waals surface area contributed by atoms with Gasteiger partial charge in [0.1, 0.15) is 6.33 Å². The van der Waals surface area contributed by atoms with Gasteiger partial charge in [-0.25, -0.2) is 18.1 Å². The lowest BCUT2D eigenvalue weighted by Crippen LogP contribution is -2.22. The number of fused-ring (bicyclic) bond motifs is 1. The highest BCUT2D eigenvalue weighted by molar-refractivity contribution is 7.92. The number of hydrogen-bond acceptors (Lipinski definition) is 4. The molecular weight excluding hydrogens is 316 g/mol. The van der Waals surface area contributed by atoms with Crippen molar-refractivity contribution in [1.82, 2.24) is 9.66 Å². The van der Waals surface area contributed by atoms with E-state index in [1.165, 1.54) is 17.1 Å². The molecule has 8 heteroatoms. The van der Waals surface area contributed by atoms with Crippen LogP contribution >= 0.6 is 0 Å². The molecule has 3 rings (SSSR count). The van der Waals surface area contributed by atoms with Crippen LogP contribution in [0.5, 0.6) is 0 Å². The quantitative estimate of drug-likeness (QED) is 0.763. The summed E-state index contributed by atoms with van der Waals surface area (Å²) in [5.74, 6) is -0.370. The van der Waals surface area contributed by atoms with E-state index < -0.39 is 10.0 Å². The van der Waals surface area contributed by atoms with Crippen molar-refractivity contribution in [2.24, 2.45) is 0 Å². The maximum atomic E-state index is 12.3. The number of nitrogens with zero attached hydrogens (tertiary/aromatic N) is 2. The first-order valence-corrected chi connectivity index (χ1v) is 8.63. The number of imidazole rings is 1. The van der Waals surface area contributed by atoms with Crippen LogP contribution in [0.3, 0.4) is 0 Å². The summed E-state index contributed by atoms with van der Waals surface area (Å²) in [5, 5.41) is 0. The van der Waals surface area contributed by atoms with Crippen molar-refractivity contribution in [3.63, 3.8) is 0 Å². The minimum Gasteiger partial charge on any atom is -0.284 e. The molecule has 0 saturated heterocycles. The number of carbonyl (C=O) groups excluding carboxylic acids is 1. The largest absolute Gasteiger partial charge is 0.284 e. The zero-order chi connectivity index (χ0) is 16.4. The van der Waals surface area contributed by atoms with Gasteiger partial charge in [0.2, 0.25) is 10.0 Å². The Balaban J connectivity index is 1.85. The average Bonchev–Trinajstić information content (AvgIpc) is 2.89. The van der Waals surface area contributed by atoms with Gasteiger partial charge in [-0.1, -0.05) is 18.2 Å². The van der Waals surface area contributed by atoms with Crippen molar-refractivity contribution in [3.8, 4) is 0 Å². The Morgan fingerprint density at radius 2 is 1.91 bits per heavy atom. The minimum atomic E-state index is -3.40. The molecule has 2 aromatic carbocycles. The van der Waals surface area contributed by atoms with E-state index in [1.807, 2.05) is 24.3 Å². The molecule has 1 amide bonds. The summed E-state index contributed by atoms with van der Waals surface area (Å²) in [5.41, 5.74) is 4.90. The van der Waals surface area contributed by atoms with Crippen molar-refractivity contribution in [3.05, 3.63) is 60.4 Å². The molecule has 0 aliphatic carbocycles. The predicted molar refractivity (Wildman–Crippen MR) is 88.3 cm³/mol. The topological polar surface area (TPSA) is 93.1 Å². The first-order chi connectivity index (χ1) is 10.9. The fourth-order valence-corrected chi connectivity index (χ4v) is 2.72. The summed E-state index contributed by atoms with van der Waals surface area (Å²) in [6, 6.07) is 13.6. The zero-order valence-corrected chi connectivity index (χ0v) is 13.0. The Kier molecular flexibility index (Phi) is 3.75. The molecule has 2 N–H and O–H groups in total. The Labute approximate surface area is 133 Å².